The second kappa shape index (κ2) is 5.64. The van der Waals surface area contributed by atoms with Crippen molar-refractivity contribution in [2.45, 2.75) is 70.9 Å². The Morgan fingerprint density at radius 3 is 2.00 bits per heavy atom. The highest BCUT2D eigenvalue weighted by Gasteiger charge is 2.62. The van der Waals surface area contributed by atoms with E-state index < -0.39 is 8.56 Å². The summed E-state index contributed by atoms with van der Waals surface area (Å²) >= 11 is 0. The zero-order valence-electron chi connectivity index (χ0n) is 12.6. The zero-order valence-corrected chi connectivity index (χ0v) is 13.6. The average Bonchev–Trinajstić information content (AvgIpc) is 2.90. The summed E-state index contributed by atoms with van der Waals surface area (Å²) in [5.41, 5.74) is 0. The minimum atomic E-state index is -2.03. The number of rotatable bonds is 7. The second-order valence-electron chi connectivity index (χ2n) is 6.64. The number of fused-ring (bicyclic) bond motifs is 2. The van der Waals surface area contributed by atoms with E-state index in [4.69, 9.17) is 8.85 Å². The van der Waals surface area contributed by atoms with Gasteiger partial charge in [0.2, 0.25) is 0 Å². The third-order valence-corrected chi connectivity index (χ3v) is 10.2. The zero-order chi connectivity index (χ0) is 13.2. The molecule has 0 atom stereocenters. The van der Waals surface area contributed by atoms with Crippen LogP contribution in [0.15, 0.2) is 0 Å². The maximum Gasteiger partial charge on any atom is 0.344 e. The van der Waals surface area contributed by atoms with E-state index in [-0.39, 0.29) is 0 Å². The van der Waals surface area contributed by atoms with Crippen LogP contribution < -0.4 is 0 Å². The summed E-state index contributed by atoms with van der Waals surface area (Å²) in [4.78, 5) is 0. The summed E-state index contributed by atoms with van der Waals surface area (Å²) < 4.78 is 12.8. The molecule has 3 heteroatoms. The third-order valence-electron chi connectivity index (χ3n) is 4.98. The molecule has 0 aromatic heterocycles. The summed E-state index contributed by atoms with van der Waals surface area (Å²) in [6.45, 7) is 10.6. The van der Waals surface area contributed by atoms with Crippen molar-refractivity contribution in [1.29, 1.82) is 0 Å². The molecule has 0 unspecified atom stereocenters. The quantitative estimate of drug-likeness (QED) is 0.635. The fraction of sp³-hybridized carbons (Fsp3) is 1.00. The molecule has 0 heterocycles. The molecule has 2 nitrogen and oxygen atoms in total. The van der Waals surface area contributed by atoms with Crippen LogP contribution in [0.2, 0.25) is 11.1 Å². The minimum Gasteiger partial charge on any atom is -0.394 e. The van der Waals surface area contributed by atoms with Gasteiger partial charge in [-0.2, -0.15) is 0 Å². The van der Waals surface area contributed by atoms with E-state index in [1.807, 2.05) is 0 Å². The van der Waals surface area contributed by atoms with Gasteiger partial charge in [0, 0.05) is 18.3 Å². The molecule has 2 bridgehead atoms. The van der Waals surface area contributed by atoms with Gasteiger partial charge in [-0.25, -0.2) is 0 Å². The van der Waals surface area contributed by atoms with Crippen LogP contribution in [0.4, 0.5) is 0 Å². The van der Waals surface area contributed by atoms with Crippen molar-refractivity contribution in [3.8, 4) is 0 Å². The molecule has 18 heavy (non-hydrogen) atoms. The van der Waals surface area contributed by atoms with Crippen LogP contribution in [0.25, 0.3) is 0 Å². The van der Waals surface area contributed by atoms with E-state index in [0.717, 1.165) is 19.1 Å². The molecular weight excluding hydrogens is 240 g/mol. The largest absolute Gasteiger partial charge is 0.394 e. The van der Waals surface area contributed by atoms with Crippen LogP contribution >= 0.6 is 0 Å². The number of hydrogen-bond acceptors (Lipinski definition) is 2. The van der Waals surface area contributed by atoms with Gasteiger partial charge >= 0.3 is 8.56 Å². The standard InChI is InChI=1S/C15H30O2Si/c1-5-16-18(17-6-2,12-13(3)4)15-9-7-14(11-15)8-10-15/h13-14H,5-12H2,1-4H3. The van der Waals surface area contributed by atoms with Gasteiger partial charge in [0.25, 0.3) is 0 Å². The summed E-state index contributed by atoms with van der Waals surface area (Å²) in [6.07, 6.45) is 6.99. The Balaban J connectivity index is 2.26. The molecule has 0 radical (unpaired) electrons. The molecule has 2 aliphatic carbocycles. The molecule has 0 spiro atoms. The van der Waals surface area contributed by atoms with Crippen molar-refractivity contribution in [1.82, 2.24) is 0 Å². The SMILES string of the molecule is CCO[Si](CC(C)C)(OCC)C12CCC(CC1)C2. The van der Waals surface area contributed by atoms with Crippen molar-refractivity contribution in [2.24, 2.45) is 11.8 Å². The highest BCUT2D eigenvalue weighted by molar-refractivity contribution is 6.71. The first kappa shape index (κ1) is 14.5. The Bertz CT molecular complexity index is 264. The predicted molar refractivity (Wildman–Crippen MR) is 77.9 cm³/mol. The molecule has 2 fully saturated rings. The van der Waals surface area contributed by atoms with Crippen LogP contribution in [0.5, 0.6) is 0 Å². The van der Waals surface area contributed by atoms with Gasteiger partial charge in [-0.15, -0.1) is 0 Å². The van der Waals surface area contributed by atoms with Crippen molar-refractivity contribution >= 4 is 8.56 Å². The fourth-order valence-corrected chi connectivity index (χ4v) is 9.44. The highest BCUT2D eigenvalue weighted by atomic mass is 28.4. The molecule has 106 valence electrons. The van der Waals surface area contributed by atoms with E-state index in [1.54, 1.807) is 0 Å². The van der Waals surface area contributed by atoms with E-state index >= 15 is 0 Å². The molecule has 0 amide bonds. The van der Waals surface area contributed by atoms with E-state index in [1.165, 1.54) is 38.1 Å². The van der Waals surface area contributed by atoms with Gasteiger partial charge in [-0.05, 0) is 51.0 Å². The minimum absolute atomic E-state index is 0.452. The predicted octanol–water partition coefficient (Wildman–Crippen LogP) is 4.49. The lowest BCUT2D eigenvalue weighted by atomic mass is 10.0. The van der Waals surface area contributed by atoms with Crippen molar-refractivity contribution in [3.05, 3.63) is 0 Å². The lowest BCUT2D eigenvalue weighted by Gasteiger charge is -2.45. The normalized spacial score (nSPS) is 31.5. The summed E-state index contributed by atoms with van der Waals surface area (Å²) in [5, 5.41) is 0.452. The Kier molecular flexibility index (Phi) is 4.55. The smallest absolute Gasteiger partial charge is 0.344 e. The highest BCUT2D eigenvalue weighted by Crippen LogP contribution is 2.65. The van der Waals surface area contributed by atoms with Gasteiger partial charge < -0.3 is 8.85 Å². The van der Waals surface area contributed by atoms with Gasteiger partial charge in [0.15, 0.2) is 0 Å². The molecule has 0 aliphatic heterocycles. The van der Waals surface area contributed by atoms with Crippen LogP contribution in [0.1, 0.15) is 59.8 Å². The Labute approximate surface area is 114 Å². The van der Waals surface area contributed by atoms with Crippen molar-refractivity contribution < 1.29 is 8.85 Å². The Morgan fingerprint density at radius 2 is 1.67 bits per heavy atom. The summed E-state index contributed by atoms with van der Waals surface area (Å²) in [6, 6.07) is 1.18. The molecule has 2 saturated carbocycles. The van der Waals surface area contributed by atoms with Gasteiger partial charge in [-0.1, -0.05) is 26.7 Å². The first-order valence-electron chi connectivity index (χ1n) is 7.85. The van der Waals surface area contributed by atoms with E-state index in [2.05, 4.69) is 27.7 Å². The Morgan fingerprint density at radius 1 is 1.11 bits per heavy atom. The first-order chi connectivity index (χ1) is 8.57. The van der Waals surface area contributed by atoms with Gasteiger partial charge in [0.1, 0.15) is 0 Å². The lowest BCUT2D eigenvalue weighted by molar-refractivity contribution is 0.146. The second-order valence-corrected chi connectivity index (χ2v) is 10.2. The van der Waals surface area contributed by atoms with Crippen molar-refractivity contribution in [3.63, 3.8) is 0 Å². The molecule has 2 aliphatic rings. The lowest BCUT2D eigenvalue weighted by Crippen LogP contribution is -2.53. The first-order valence-corrected chi connectivity index (χ1v) is 9.88. The number of hydrogen-bond donors (Lipinski definition) is 0. The monoisotopic (exact) mass is 270 g/mol. The average molecular weight is 270 g/mol. The van der Waals surface area contributed by atoms with E-state index in [9.17, 15) is 0 Å². The topological polar surface area (TPSA) is 18.5 Å². The maximum absolute atomic E-state index is 6.40. The summed E-state index contributed by atoms with van der Waals surface area (Å²) in [7, 11) is -2.03. The summed E-state index contributed by atoms with van der Waals surface area (Å²) in [5.74, 6) is 1.66. The van der Waals surface area contributed by atoms with Crippen molar-refractivity contribution in [2.75, 3.05) is 13.2 Å². The van der Waals surface area contributed by atoms with Crippen LogP contribution in [-0.2, 0) is 8.85 Å². The Hall–Kier alpha value is 0.137. The molecule has 0 aromatic carbocycles. The van der Waals surface area contributed by atoms with Crippen LogP contribution in [0, 0.1) is 11.8 Å². The van der Waals surface area contributed by atoms with Crippen LogP contribution in [-0.4, -0.2) is 21.8 Å². The molecule has 0 aromatic rings. The van der Waals surface area contributed by atoms with Gasteiger partial charge in [0.05, 0.1) is 0 Å². The maximum atomic E-state index is 6.40. The molecule has 0 N–H and O–H groups in total. The van der Waals surface area contributed by atoms with Gasteiger partial charge in [-0.3, -0.25) is 0 Å². The fourth-order valence-electron chi connectivity index (χ4n) is 4.41. The molecule has 2 rings (SSSR count). The molecule has 0 saturated heterocycles. The van der Waals surface area contributed by atoms with Crippen LogP contribution in [0.3, 0.4) is 0 Å². The van der Waals surface area contributed by atoms with E-state index in [0.29, 0.717) is 11.0 Å². The molecular formula is C15H30O2Si. The third kappa shape index (κ3) is 2.41.